The molecule has 8 heteroatoms. The molecule has 0 spiro atoms. The number of amides is 3. The summed E-state index contributed by atoms with van der Waals surface area (Å²) in [6.07, 6.45) is 7.93. The van der Waals surface area contributed by atoms with E-state index in [2.05, 4.69) is 20.9 Å². The number of nitrogens with one attached hydrogen (secondary N) is 3. The van der Waals surface area contributed by atoms with Gasteiger partial charge in [0.25, 0.3) is 0 Å². The fourth-order valence-electron chi connectivity index (χ4n) is 3.18. The van der Waals surface area contributed by atoms with Gasteiger partial charge in [0.15, 0.2) is 5.96 Å². The molecule has 1 heterocycles. The summed E-state index contributed by atoms with van der Waals surface area (Å²) in [6.45, 7) is 4.60. The number of hydrogen-bond donors (Lipinski definition) is 3. The lowest BCUT2D eigenvalue weighted by atomic mass is 10.0. The van der Waals surface area contributed by atoms with Gasteiger partial charge in [-0.2, -0.15) is 0 Å². The number of imide groups is 1. The van der Waals surface area contributed by atoms with E-state index in [0.717, 1.165) is 31.4 Å². The zero-order valence-corrected chi connectivity index (χ0v) is 16.8. The maximum atomic E-state index is 11.5. The molecule has 0 aromatic heterocycles. The van der Waals surface area contributed by atoms with Crippen molar-refractivity contribution < 1.29 is 9.59 Å². The van der Waals surface area contributed by atoms with Crippen molar-refractivity contribution >= 4 is 41.9 Å². The Bertz CT molecular complexity index is 422. The van der Waals surface area contributed by atoms with E-state index in [1.807, 2.05) is 6.92 Å². The molecular weight excluding hydrogens is 421 g/mol. The lowest BCUT2D eigenvalue weighted by Gasteiger charge is -2.15. The summed E-state index contributed by atoms with van der Waals surface area (Å²) < 4.78 is 0. The van der Waals surface area contributed by atoms with Crippen LogP contribution in [0.1, 0.15) is 45.4 Å². The van der Waals surface area contributed by atoms with Crippen LogP contribution in [0.5, 0.6) is 0 Å². The lowest BCUT2D eigenvalue weighted by molar-refractivity contribution is -0.124. The highest BCUT2D eigenvalue weighted by Gasteiger charge is 2.27. The van der Waals surface area contributed by atoms with E-state index < -0.39 is 0 Å². The van der Waals surface area contributed by atoms with E-state index in [4.69, 9.17) is 0 Å². The van der Waals surface area contributed by atoms with Gasteiger partial charge in [0.05, 0.1) is 6.54 Å². The van der Waals surface area contributed by atoms with Gasteiger partial charge < -0.3 is 16.0 Å². The van der Waals surface area contributed by atoms with Crippen LogP contribution in [0.3, 0.4) is 0 Å². The first kappa shape index (κ1) is 21.0. The molecular formula is C16H30IN5O2. The zero-order valence-electron chi connectivity index (χ0n) is 14.5. The topological polar surface area (TPSA) is 85.8 Å². The predicted molar refractivity (Wildman–Crippen MR) is 106 cm³/mol. The molecule has 7 nitrogen and oxygen atoms in total. The first-order valence-electron chi connectivity index (χ1n) is 8.81. The highest BCUT2D eigenvalue weighted by Crippen LogP contribution is 2.28. The van der Waals surface area contributed by atoms with Crippen molar-refractivity contribution in [3.05, 3.63) is 0 Å². The zero-order chi connectivity index (χ0) is 16.5. The van der Waals surface area contributed by atoms with Crippen molar-refractivity contribution in [2.45, 2.75) is 45.4 Å². The predicted octanol–water partition coefficient (Wildman–Crippen LogP) is 1.68. The van der Waals surface area contributed by atoms with Gasteiger partial charge in [-0.1, -0.05) is 25.7 Å². The van der Waals surface area contributed by atoms with E-state index in [1.54, 1.807) is 0 Å². The van der Waals surface area contributed by atoms with Crippen LogP contribution in [-0.2, 0) is 4.79 Å². The number of nitrogens with zero attached hydrogens (tertiary/aromatic N) is 2. The van der Waals surface area contributed by atoms with Crippen molar-refractivity contribution in [2.24, 2.45) is 10.9 Å². The summed E-state index contributed by atoms with van der Waals surface area (Å²) >= 11 is 0. The number of rotatable bonds is 8. The van der Waals surface area contributed by atoms with Gasteiger partial charge in [-0.25, -0.2) is 4.79 Å². The van der Waals surface area contributed by atoms with Crippen molar-refractivity contribution in [3.63, 3.8) is 0 Å². The molecule has 2 fully saturated rings. The normalized spacial score (nSPS) is 18.5. The second-order valence-corrected chi connectivity index (χ2v) is 6.18. The van der Waals surface area contributed by atoms with E-state index in [0.29, 0.717) is 13.1 Å². The fourth-order valence-corrected chi connectivity index (χ4v) is 3.18. The number of aliphatic imine (C=N–C) groups is 1. The van der Waals surface area contributed by atoms with Gasteiger partial charge in [0.2, 0.25) is 5.91 Å². The lowest BCUT2D eigenvalue weighted by Crippen LogP contribution is -2.43. The monoisotopic (exact) mass is 451 g/mol. The Morgan fingerprint density at radius 3 is 2.67 bits per heavy atom. The summed E-state index contributed by atoms with van der Waals surface area (Å²) in [5.74, 6) is 1.49. The third kappa shape index (κ3) is 6.82. The van der Waals surface area contributed by atoms with Crippen molar-refractivity contribution in [2.75, 3.05) is 32.7 Å². The highest BCUT2D eigenvalue weighted by atomic mass is 127. The molecule has 1 aliphatic carbocycles. The molecule has 0 atom stereocenters. The van der Waals surface area contributed by atoms with Gasteiger partial charge in [-0.05, 0) is 25.7 Å². The summed E-state index contributed by atoms with van der Waals surface area (Å²) in [5, 5.41) is 8.89. The first-order valence-corrected chi connectivity index (χ1v) is 8.81. The van der Waals surface area contributed by atoms with E-state index in [9.17, 15) is 9.59 Å². The van der Waals surface area contributed by atoms with Crippen LogP contribution in [0.2, 0.25) is 0 Å². The van der Waals surface area contributed by atoms with Gasteiger partial charge in [0.1, 0.15) is 0 Å². The molecule has 24 heavy (non-hydrogen) atoms. The van der Waals surface area contributed by atoms with Gasteiger partial charge >= 0.3 is 6.03 Å². The molecule has 0 aromatic rings. The van der Waals surface area contributed by atoms with Gasteiger partial charge in [-0.15, -0.1) is 24.0 Å². The van der Waals surface area contributed by atoms with Crippen molar-refractivity contribution in [3.8, 4) is 0 Å². The van der Waals surface area contributed by atoms with E-state index in [1.165, 1.54) is 37.0 Å². The number of urea groups is 1. The summed E-state index contributed by atoms with van der Waals surface area (Å²) in [4.78, 5) is 28.7. The number of carbonyl (C=O) groups excluding carboxylic acids is 2. The Balaban J connectivity index is 0.00000288. The molecule has 1 aliphatic heterocycles. The average molecular weight is 451 g/mol. The Kier molecular flexibility index (Phi) is 10.0. The summed E-state index contributed by atoms with van der Waals surface area (Å²) in [7, 11) is 0. The summed E-state index contributed by atoms with van der Waals surface area (Å²) in [6, 6.07) is -0.310. The average Bonchev–Trinajstić information content (AvgIpc) is 3.16. The molecule has 3 N–H and O–H groups in total. The number of halogens is 1. The largest absolute Gasteiger partial charge is 0.357 e. The Morgan fingerprint density at radius 2 is 2.04 bits per heavy atom. The minimum absolute atomic E-state index is 0. The van der Waals surface area contributed by atoms with Crippen LogP contribution in [-0.4, -0.2) is 55.5 Å². The first-order chi connectivity index (χ1) is 11.2. The minimum Gasteiger partial charge on any atom is -0.357 e. The quantitative estimate of drug-likeness (QED) is 0.172. The third-order valence-corrected chi connectivity index (χ3v) is 4.42. The van der Waals surface area contributed by atoms with Gasteiger partial charge in [0, 0.05) is 26.2 Å². The summed E-state index contributed by atoms with van der Waals surface area (Å²) in [5.41, 5.74) is 0. The molecule has 0 aromatic carbocycles. The van der Waals surface area contributed by atoms with Crippen LogP contribution < -0.4 is 16.0 Å². The van der Waals surface area contributed by atoms with Crippen LogP contribution >= 0.6 is 24.0 Å². The number of hydrogen-bond acceptors (Lipinski definition) is 3. The second-order valence-electron chi connectivity index (χ2n) is 6.18. The van der Waals surface area contributed by atoms with Crippen LogP contribution in [0.4, 0.5) is 4.79 Å². The Hall–Kier alpha value is -1.06. The standard InChI is InChI=1S/C16H29N5O2.HI/c1-2-17-15(18-9-5-8-13-6-3-4-7-13)19-10-11-21-14(22)12-20-16(21)23;/h13H,2-12H2,1H3,(H,20,23)(H2,17,18,19);1H. The molecule has 0 radical (unpaired) electrons. The van der Waals surface area contributed by atoms with E-state index in [-0.39, 0.29) is 42.5 Å². The maximum absolute atomic E-state index is 11.5. The molecule has 0 bridgehead atoms. The molecule has 1 saturated heterocycles. The molecule has 138 valence electrons. The number of guanidine groups is 1. The minimum atomic E-state index is -0.310. The van der Waals surface area contributed by atoms with Gasteiger partial charge in [-0.3, -0.25) is 14.7 Å². The SMILES string of the molecule is CCNC(=NCCCC1CCCC1)NCCN1C(=O)CNC1=O.I. The maximum Gasteiger partial charge on any atom is 0.324 e. The smallest absolute Gasteiger partial charge is 0.324 e. The van der Waals surface area contributed by atoms with Crippen molar-refractivity contribution in [1.29, 1.82) is 0 Å². The highest BCUT2D eigenvalue weighted by molar-refractivity contribution is 14.0. The van der Waals surface area contributed by atoms with E-state index >= 15 is 0 Å². The molecule has 1 saturated carbocycles. The Morgan fingerprint density at radius 1 is 1.29 bits per heavy atom. The second kappa shape index (κ2) is 11.5. The molecule has 0 unspecified atom stereocenters. The van der Waals surface area contributed by atoms with Crippen LogP contribution in [0.15, 0.2) is 4.99 Å². The molecule has 2 rings (SSSR count). The Labute approximate surface area is 161 Å². The number of carbonyl (C=O) groups is 2. The molecule has 3 amide bonds. The van der Waals surface area contributed by atoms with Crippen molar-refractivity contribution in [1.82, 2.24) is 20.9 Å². The third-order valence-electron chi connectivity index (χ3n) is 4.42. The van der Waals surface area contributed by atoms with Crippen LogP contribution in [0, 0.1) is 5.92 Å². The fraction of sp³-hybridized carbons (Fsp3) is 0.812. The molecule has 2 aliphatic rings. The van der Waals surface area contributed by atoms with Crippen LogP contribution in [0.25, 0.3) is 0 Å².